The molecule has 70 valence electrons. The first kappa shape index (κ1) is 8.48. The number of aliphatic hydroxyl groups is 1. The third-order valence-corrected chi connectivity index (χ3v) is 2.92. The largest absolute Gasteiger partial charge is 0.388 e. The molecular weight excluding hydrogens is 156 g/mol. The van der Waals surface area contributed by atoms with Crippen LogP contribution in [-0.4, -0.2) is 36.6 Å². The highest BCUT2D eigenvalue weighted by molar-refractivity contribution is 4.94. The van der Waals surface area contributed by atoms with E-state index in [-0.39, 0.29) is 12.2 Å². The van der Waals surface area contributed by atoms with E-state index in [9.17, 15) is 5.11 Å². The summed E-state index contributed by atoms with van der Waals surface area (Å²) in [6.07, 6.45) is -0.323. The molecule has 2 aliphatic heterocycles. The van der Waals surface area contributed by atoms with Gasteiger partial charge in [0.2, 0.25) is 0 Å². The Morgan fingerprint density at radius 3 is 2.50 bits per heavy atom. The Kier molecular flexibility index (Phi) is 2.10. The predicted molar refractivity (Wildman–Crippen MR) is 43.8 cm³/mol. The summed E-state index contributed by atoms with van der Waals surface area (Å²) < 4.78 is 11.0. The Morgan fingerprint density at radius 1 is 1.17 bits per heavy atom. The van der Waals surface area contributed by atoms with Gasteiger partial charge in [-0.25, -0.2) is 0 Å². The Bertz CT molecular complexity index is 169. The maximum absolute atomic E-state index is 9.45. The van der Waals surface area contributed by atoms with E-state index in [0.29, 0.717) is 18.4 Å². The van der Waals surface area contributed by atoms with E-state index in [2.05, 4.69) is 13.8 Å². The van der Waals surface area contributed by atoms with Crippen LogP contribution in [0.25, 0.3) is 0 Å². The third-order valence-electron chi connectivity index (χ3n) is 2.92. The van der Waals surface area contributed by atoms with Crippen LogP contribution in [0.2, 0.25) is 0 Å². The molecule has 2 rings (SSSR count). The zero-order valence-corrected chi connectivity index (χ0v) is 7.56. The molecule has 3 heteroatoms. The van der Waals surface area contributed by atoms with Crippen molar-refractivity contribution in [1.29, 1.82) is 0 Å². The molecule has 0 aliphatic carbocycles. The maximum atomic E-state index is 9.45. The molecule has 0 bridgehead atoms. The molecular formula is C9H16O3. The van der Waals surface area contributed by atoms with Crippen LogP contribution in [0.4, 0.5) is 0 Å². The molecule has 0 aromatic heterocycles. The van der Waals surface area contributed by atoms with Crippen LogP contribution < -0.4 is 0 Å². The lowest BCUT2D eigenvalue weighted by Crippen LogP contribution is -2.30. The SMILES string of the molecule is CC(C)C1CO[C@@H]2[C@H](O)CO[C@H]12. The fourth-order valence-corrected chi connectivity index (χ4v) is 2.08. The fourth-order valence-electron chi connectivity index (χ4n) is 2.08. The normalized spacial score (nSPS) is 47.0. The second-order valence-corrected chi connectivity index (χ2v) is 4.07. The van der Waals surface area contributed by atoms with Gasteiger partial charge in [-0.1, -0.05) is 13.8 Å². The van der Waals surface area contributed by atoms with Crippen LogP contribution in [0.5, 0.6) is 0 Å². The number of aliphatic hydroxyl groups excluding tert-OH is 1. The number of ether oxygens (including phenoxy) is 2. The summed E-state index contributed by atoms with van der Waals surface area (Å²) >= 11 is 0. The Morgan fingerprint density at radius 2 is 1.83 bits per heavy atom. The number of fused-ring (bicyclic) bond motifs is 1. The van der Waals surface area contributed by atoms with Crippen molar-refractivity contribution < 1.29 is 14.6 Å². The van der Waals surface area contributed by atoms with Gasteiger partial charge >= 0.3 is 0 Å². The van der Waals surface area contributed by atoms with Crippen LogP contribution in [0.15, 0.2) is 0 Å². The highest BCUT2D eigenvalue weighted by Crippen LogP contribution is 2.34. The fraction of sp³-hybridized carbons (Fsp3) is 1.00. The second-order valence-electron chi connectivity index (χ2n) is 4.07. The molecule has 2 aliphatic rings. The van der Waals surface area contributed by atoms with Gasteiger partial charge < -0.3 is 14.6 Å². The van der Waals surface area contributed by atoms with E-state index in [0.717, 1.165) is 6.61 Å². The highest BCUT2D eigenvalue weighted by Gasteiger charge is 2.47. The molecule has 2 fully saturated rings. The molecule has 0 aromatic carbocycles. The number of hydrogen-bond donors (Lipinski definition) is 1. The molecule has 0 aromatic rings. The minimum Gasteiger partial charge on any atom is -0.388 e. The summed E-state index contributed by atoms with van der Waals surface area (Å²) in [4.78, 5) is 0. The quantitative estimate of drug-likeness (QED) is 0.623. The molecule has 1 unspecified atom stereocenters. The molecule has 1 N–H and O–H groups in total. The van der Waals surface area contributed by atoms with Crippen molar-refractivity contribution in [1.82, 2.24) is 0 Å². The van der Waals surface area contributed by atoms with Crippen molar-refractivity contribution in [2.24, 2.45) is 11.8 Å². The summed E-state index contributed by atoms with van der Waals surface area (Å²) in [5, 5.41) is 9.45. The Hall–Kier alpha value is -0.120. The second kappa shape index (κ2) is 2.98. The van der Waals surface area contributed by atoms with Crippen LogP contribution in [0.3, 0.4) is 0 Å². The minimum atomic E-state index is -0.404. The van der Waals surface area contributed by atoms with Gasteiger partial charge in [-0.3, -0.25) is 0 Å². The molecule has 2 heterocycles. The van der Waals surface area contributed by atoms with Crippen molar-refractivity contribution in [3.63, 3.8) is 0 Å². The van der Waals surface area contributed by atoms with E-state index in [1.165, 1.54) is 0 Å². The average Bonchev–Trinajstić information content (AvgIpc) is 2.53. The summed E-state index contributed by atoms with van der Waals surface area (Å²) in [6.45, 7) is 5.53. The standard InChI is InChI=1S/C9H16O3/c1-5(2)6-3-11-9-7(10)4-12-8(6)9/h5-10H,3-4H2,1-2H3/t6?,7-,8-,9-/m1/s1. The van der Waals surface area contributed by atoms with Crippen LogP contribution in [0, 0.1) is 11.8 Å². The smallest absolute Gasteiger partial charge is 0.112 e. The molecule has 3 nitrogen and oxygen atoms in total. The van der Waals surface area contributed by atoms with Crippen LogP contribution >= 0.6 is 0 Å². The summed E-state index contributed by atoms with van der Waals surface area (Å²) in [6, 6.07) is 0. The monoisotopic (exact) mass is 172 g/mol. The van der Waals surface area contributed by atoms with Gasteiger partial charge in [-0.05, 0) is 5.92 Å². The van der Waals surface area contributed by atoms with Crippen LogP contribution in [0.1, 0.15) is 13.8 Å². The molecule has 2 saturated heterocycles. The van der Waals surface area contributed by atoms with E-state index in [4.69, 9.17) is 9.47 Å². The lowest BCUT2D eigenvalue weighted by molar-refractivity contribution is 0.0153. The van der Waals surface area contributed by atoms with E-state index in [1.807, 2.05) is 0 Å². The van der Waals surface area contributed by atoms with Crippen molar-refractivity contribution in [2.75, 3.05) is 13.2 Å². The molecule has 0 amide bonds. The predicted octanol–water partition coefficient (Wildman–Crippen LogP) is 0.417. The Balaban J connectivity index is 2.05. The Labute approximate surface area is 72.7 Å². The van der Waals surface area contributed by atoms with Crippen molar-refractivity contribution >= 4 is 0 Å². The first-order valence-electron chi connectivity index (χ1n) is 4.61. The van der Waals surface area contributed by atoms with Crippen molar-refractivity contribution in [3.8, 4) is 0 Å². The van der Waals surface area contributed by atoms with Crippen LogP contribution in [-0.2, 0) is 9.47 Å². The van der Waals surface area contributed by atoms with Gasteiger partial charge in [0.25, 0.3) is 0 Å². The van der Waals surface area contributed by atoms with E-state index >= 15 is 0 Å². The summed E-state index contributed by atoms with van der Waals surface area (Å²) in [7, 11) is 0. The number of hydrogen-bond acceptors (Lipinski definition) is 3. The van der Waals surface area contributed by atoms with Crippen molar-refractivity contribution in [3.05, 3.63) is 0 Å². The van der Waals surface area contributed by atoms with Crippen molar-refractivity contribution in [2.45, 2.75) is 32.2 Å². The molecule has 0 spiro atoms. The highest BCUT2D eigenvalue weighted by atomic mass is 16.6. The van der Waals surface area contributed by atoms with E-state index in [1.54, 1.807) is 0 Å². The van der Waals surface area contributed by atoms with Gasteiger partial charge in [-0.2, -0.15) is 0 Å². The zero-order valence-electron chi connectivity index (χ0n) is 7.56. The first-order valence-corrected chi connectivity index (χ1v) is 4.61. The lowest BCUT2D eigenvalue weighted by Gasteiger charge is -2.18. The molecule has 0 saturated carbocycles. The topological polar surface area (TPSA) is 38.7 Å². The van der Waals surface area contributed by atoms with Gasteiger partial charge in [0.05, 0.1) is 19.3 Å². The van der Waals surface area contributed by atoms with Gasteiger partial charge in [0.15, 0.2) is 0 Å². The number of rotatable bonds is 1. The summed E-state index contributed by atoms with van der Waals surface area (Å²) in [5.74, 6) is 1.04. The lowest BCUT2D eigenvalue weighted by atomic mass is 9.90. The molecule has 0 radical (unpaired) electrons. The zero-order chi connectivity index (χ0) is 8.72. The molecule has 12 heavy (non-hydrogen) atoms. The van der Waals surface area contributed by atoms with E-state index < -0.39 is 6.10 Å². The average molecular weight is 172 g/mol. The summed E-state index contributed by atoms with van der Waals surface area (Å²) in [5.41, 5.74) is 0. The third kappa shape index (κ3) is 1.16. The van der Waals surface area contributed by atoms with Gasteiger partial charge in [-0.15, -0.1) is 0 Å². The van der Waals surface area contributed by atoms with Gasteiger partial charge in [0, 0.05) is 5.92 Å². The first-order chi connectivity index (χ1) is 5.70. The molecule has 4 atom stereocenters. The minimum absolute atomic E-state index is 0.0580. The van der Waals surface area contributed by atoms with Gasteiger partial charge in [0.1, 0.15) is 12.2 Å². The maximum Gasteiger partial charge on any atom is 0.112 e.